The Morgan fingerprint density at radius 2 is 2.35 bits per heavy atom. The lowest BCUT2D eigenvalue weighted by atomic mass is 10.1. The molecule has 4 nitrogen and oxygen atoms in total. The zero-order valence-corrected chi connectivity index (χ0v) is 9.93. The Morgan fingerprint density at radius 1 is 1.53 bits per heavy atom. The van der Waals surface area contributed by atoms with E-state index >= 15 is 0 Å². The van der Waals surface area contributed by atoms with Crippen molar-refractivity contribution in [2.45, 2.75) is 25.9 Å². The van der Waals surface area contributed by atoms with E-state index in [1.165, 1.54) is 0 Å². The van der Waals surface area contributed by atoms with Gasteiger partial charge in [0, 0.05) is 12.0 Å². The molecule has 1 aromatic carbocycles. The molecule has 4 heteroatoms. The summed E-state index contributed by atoms with van der Waals surface area (Å²) < 4.78 is 11.2. The van der Waals surface area contributed by atoms with Crippen LogP contribution < -0.4 is 4.74 Å². The molecule has 1 fully saturated rings. The van der Waals surface area contributed by atoms with Gasteiger partial charge in [0.15, 0.2) is 0 Å². The second kappa shape index (κ2) is 5.68. The number of rotatable bonds is 4. The molecule has 1 aromatic rings. The average molecular weight is 235 g/mol. The van der Waals surface area contributed by atoms with Crippen LogP contribution in [0.15, 0.2) is 29.4 Å². The van der Waals surface area contributed by atoms with Gasteiger partial charge in [-0.05, 0) is 18.6 Å². The first kappa shape index (κ1) is 11.9. The Kier molecular flexibility index (Phi) is 3.98. The molecular weight excluding hydrogens is 218 g/mol. The fourth-order valence-electron chi connectivity index (χ4n) is 1.91. The molecule has 1 unspecified atom stereocenters. The van der Waals surface area contributed by atoms with E-state index in [2.05, 4.69) is 5.16 Å². The average Bonchev–Trinajstić information content (AvgIpc) is 2.86. The first-order valence-electron chi connectivity index (χ1n) is 5.90. The zero-order valence-electron chi connectivity index (χ0n) is 9.93. The Hall–Kier alpha value is -1.55. The van der Waals surface area contributed by atoms with Gasteiger partial charge in [-0.1, -0.05) is 24.2 Å². The molecule has 1 heterocycles. The van der Waals surface area contributed by atoms with Crippen molar-refractivity contribution in [2.24, 2.45) is 5.16 Å². The molecule has 0 bridgehead atoms. The predicted octanol–water partition coefficient (Wildman–Crippen LogP) is 2.44. The van der Waals surface area contributed by atoms with Gasteiger partial charge >= 0.3 is 0 Å². The van der Waals surface area contributed by atoms with E-state index in [1.807, 2.05) is 31.2 Å². The number of oxime groups is 1. The fourth-order valence-corrected chi connectivity index (χ4v) is 1.91. The molecule has 1 N–H and O–H groups in total. The monoisotopic (exact) mass is 235 g/mol. The van der Waals surface area contributed by atoms with Gasteiger partial charge in [0.1, 0.15) is 11.9 Å². The highest BCUT2D eigenvalue weighted by Gasteiger charge is 2.19. The molecule has 0 saturated carbocycles. The molecular formula is C13H17NO3. The van der Waals surface area contributed by atoms with Crippen LogP contribution in [0.2, 0.25) is 0 Å². The quantitative estimate of drug-likeness (QED) is 0.495. The van der Waals surface area contributed by atoms with Crippen molar-refractivity contribution in [3.63, 3.8) is 0 Å². The Labute approximate surface area is 101 Å². The van der Waals surface area contributed by atoms with Crippen molar-refractivity contribution in [3.05, 3.63) is 29.8 Å². The topological polar surface area (TPSA) is 51.1 Å². The van der Waals surface area contributed by atoms with Gasteiger partial charge in [0.2, 0.25) is 0 Å². The number of hydrogen-bond donors (Lipinski definition) is 1. The van der Waals surface area contributed by atoms with Crippen LogP contribution in [0.1, 0.15) is 25.3 Å². The highest BCUT2D eigenvalue weighted by Crippen LogP contribution is 2.23. The highest BCUT2D eigenvalue weighted by molar-refractivity contribution is 6.02. The number of nitrogens with zero attached hydrogens (tertiary/aromatic N) is 1. The van der Waals surface area contributed by atoms with Gasteiger partial charge in [0.05, 0.1) is 18.9 Å². The summed E-state index contributed by atoms with van der Waals surface area (Å²) in [5.41, 5.74) is 1.49. The van der Waals surface area contributed by atoms with Crippen molar-refractivity contribution in [1.82, 2.24) is 0 Å². The molecule has 0 aliphatic carbocycles. The van der Waals surface area contributed by atoms with Crippen LogP contribution in [0.4, 0.5) is 0 Å². The molecule has 17 heavy (non-hydrogen) atoms. The Morgan fingerprint density at radius 3 is 3.00 bits per heavy atom. The van der Waals surface area contributed by atoms with Crippen LogP contribution in [0.5, 0.6) is 5.75 Å². The van der Waals surface area contributed by atoms with Crippen LogP contribution in [-0.4, -0.2) is 30.2 Å². The van der Waals surface area contributed by atoms with Crippen LogP contribution in [0, 0.1) is 0 Å². The maximum atomic E-state index is 8.97. The molecule has 0 amide bonds. The largest absolute Gasteiger partial charge is 0.487 e. The predicted molar refractivity (Wildman–Crippen MR) is 64.9 cm³/mol. The van der Waals surface area contributed by atoms with Crippen LogP contribution in [-0.2, 0) is 4.74 Å². The van der Waals surface area contributed by atoms with Crippen molar-refractivity contribution in [3.8, 4) is 5.75 Å². The van der Waals surface area contributed by atoms with E-state index in [4.69, 9.17) is 14.7 Å². The highest BCUT2D eigenvalue weighted by atomic mass is 16.5. The zero-order chi connectivity index (χ0) is 12.1. The Balaban J connectivity index is 2.20. The van der Waals surface area contributed by atoms with Gasteiger partial charge in [-0.2, -0.15) is 0 Å². The standard InChI is InChI=1S/C13H17NO3/c1-2-12(14-15)11-5-3-4-6-13(11)17-10-7-8-16-9-10/h3-6,10,15H,2,7-9H2,1H3. The van der Waals surface area contributed by atoms with Crippen LogP contribution >= 0.6 is 0 Å². The molecule has 1 aliphatic heterocycles. The summed E-state index contributed by atoms with van der Waals surface area (Å²) in [4.78, 5) is 0. The molecule has 1 saturated heterocycles. The Bertz CT molecular complexity index is 397. The summed E-state index contributed by atoms with van der Waals surface area (Å²) in [5, 5.41) is 12.3. The number of para-hydroxylation sites is 1. The maximum Gasteiger partial charge on any atom is 0.129 e. The lowest BCUT2D eigenvalue weighted by molar-refractivity contribution is 0.141. The minimum absolute atomic E-state index is 0.105. The van der Waals surface area contributed by atoms with Crippen molar-refractivity contribution in [1.29, 1.82) is 0 Å². The second-order valence-electron chi connectivity index (χ2n) is 4.00. The first-order valence-corrected chi connectivity index (χ1v) is 5.90. The minimum Gasteiger partial charge on any atom is -0.487 e. The summed E-state index contributed by atoms with van der Waals surface area (Å²) in [6.07, 6.45) is 1.68. The number of hydrogen-bond acceptors (Lipinski definition) is 4. The van der Waals surface area contributed by atoms with Gasteiger partial charge < -0.3 is 14.7 Å². The molecule has 0 spiro atoms. The number of ether oxygens (including phenoxy) is 2. The SMILES string of the molecule is CCC(=NO)c1ccccc1OC1CCOC1. The summed E-state index contributed by atoms with van der Waals surface area (Å²) >= 11 is 0. The van der Waals surface area contributed by atoms with Crippen molar-refractivity contribution in [2.75, 3.05) is 13.2 Å². The maximum absolute atomic E-state index is 8.97. The minimum atomic E-state index is 0.105. The van der Waals surface area contributed by atoms with Gasteiger partial charge in [-0.25, -0.2) is 0 Å². The van der Waals surface area contributed by atoms with Crippen LogP contribution in [0.3, 0.4) is 0 Å². The van der Waals surface area contributed by atoms with E-state index in [-0.39, 0.29) is 6.10 Å². The third-order valence-corrected chi connectivity index (χ3v) is 2.84. The van der Waals surface area contributed by atoms with Gasteiger partial charge in [-0.3, -0.25) is 0 Å². The summed E-state index contributed by atoms with van der Waals surface area (Å²) in [6.45, 7) is 3.33. The van der Waals surface area contributed by atoms with E-state index < -0.39 is 0 Å². The number of benzene rings is 1. The molecule has 2 rings (SSSR count). The lowest BCUT2D eigenvalue weighted by Gasteiger charge is -2.15. The second-order valence-corrected chi connectivity index (χ2v) is 4.00. The smallest absolute Gasteiger partial charge is 0.129 e. The van der Waals surface area contributed by atoms with E-state index in [9.17, 15) is 0 Å². The first-order chi connectivity index (χ1) is 8.35. The van der Waals surface area contributed by atoms with Gasteiger partial charge in [-0.15, -0.1) is 0 Å². The summed E-state index contributed by atoms with van der Waals surface area (Å²) in [6, 6.07) is 7.63. The third kappa shape index (κ3) is 2.77. The molecule has 92 valence electrons. The molecule has 0 radical (unpaired) electrons. The lowest BCUT2D eigenvalue weighted by Crippen LogP contribution is -2.17. The van der Waals surface area contributed by atoms with E-state index in [0.717, 1.165) is 24.3 Å². The molecule has 0 aromatic heterocycles. The molecule has 1 atom stereocenters. The van der Waals surface area contributed by atoms with Crippen LogP contribution in [0.25, 0.3) is 0 Å². The van der Waals surface area contributed by atoms with E-state index in [1.54, 1.807) is 0 Å². The van der Waals surface area contributed by atoms with E-state index in [0.29, 0.717) is 18.7 Å². The summed E-state index contributed by atoms with van der Waals surface area (Å²) in [5.74, 6) is 0.762. The van der Waals surface area contributed by atoms with Crippen molar-refractivity contribution >= 4 is 5.71 Å². The third-order valence-electron chi connectivity index (χ3n) is 2.84. The van der Waals surface area contributed by atoms with Gasteiger partial charge in [0.25, 0.3) is 0 Å². The molecule has 1 aliphatic rings. The fraction of sp³-hybridized carbons (Fsp3) is 0.462. The summed E-state index contributed by atoms with van der Waals surface area (Å²) in [7, 11) is 0. The normalized spacial score (nSPS) is 20.5. The van der Waals surface area contributed by atoms with Crippen molar-refractivity contribution < 1.29 is 14.7 Å².